The molecule has 0 aliphatic carbocycles. The fourth-order valence-corrected chi connectivity index (χ4v) is 1.80. The van der Waals surface area contributed by atoms with E-state index in [2.05, 4.69) is 9.72 Å². The van der Waals surface area contributed by atoms with Gasteiger partial charge in [-0.15, -0.1) is 13.2 Å². The van der Waals surface area contributed by atoms with Crippen LogP contribution in [0.4, 0.5) is 26.3 Å². The number of benzene rings is 1. The van der Waals surface area contributed by atoms with Crippen LogP contribution in [-0.4, -0.2) is 11.3 Å². The zero-order valence-corrected chi connectivity index (χ0v) is 11.0. The van der Waals surface area contributed by atoms with Gasteiger partial charge in [0.25, 0.3) is 0 Å². The highest BCUT2D eigenvalue weighted by molar-refractivity contribution is 5.70. The predicted molar refractivity (Wildman–Crippen MR) is 66.1 cm³/mol. The number of aromatic nitrogens is 1. The van der Waals surface area contributed by atoms with Crippen LogP contribution in [-0.2, 0) is 6.18 Å². The summed E-state index contributed by atoms with van der Waals surface area (Å²) in [5.74, 6) is -0.557. The van der Waals surface area contributed by atoms with Crippen molar-refractivity contribution in [2.75, 3.05) is 0 Å². The second kappa shape index (κ2) is 5.79. The van der Waals surface area contributed by atoms with Crippen LogP contribution in [0.1, 0.15) is 11.4 Å². The first-order valence-corrected chi connectivity index (χ1v) is 5.95. The van der Waals surface area contributed by atoms with Crippen LogP contribution in [0.15, 0.2) is 36.4 Å². The van der Waals surface area contributed by atoms with Crippen molar-refractivity contribution in [3.05, 3.63) is 47.8 Å². The molecule has 0 bridgehead atoms. The molecular weight excluding hydrogens is 326 g/mol. The van der Waals surface area contributed by atoms with Crippen LogP contribution in [0, 0.1) is 11.3 Å². The summed E-state index contributed by atoms with van der Waals surface area (Å²) in [4.78, 5) is 3.19. The molecular formula is C14H6F6N2O. The lowest BCUT2D eigenvalue weighted by Crippen LogP contribution is -2.17. The maximum atomic E-state index is 12.6. The molecule has 0 unspecified atom stereocenters. The van der Waals surface area contributed by atoms with Gasteiger partial charge >= 0.3 is 12.5 Å². The second-order valence-corrected chi connectivity index (χ2v) is 4.28. The Morgan fingerprint density at radius 2 is 1.70 bits per heavy atom. The molecule has 0 spiro atoms. The molecule has 1 aromatic carbocycles. The van der Waals surface area contributed by atoms with Gasteiger partial charge in [-0.2, -0.15) is 18.4 Å². The van der Waals surface area contributed by atoms with Crippen LogP contribution in [0.5, 0.6) is 5.75 Å². The van der Waals surface area contributed by atoms with E-state index in [9.17, 15) is 26.3 Å². The lowest BCUT2D eigenvalue weighted by Gasteiger charge is -2.11. The van der Waals surface area contributed by atoms with Crippen LogP contribution in [0.2, 0.25) is 0 Å². The zero-order valence-electron chi connectivity index (χ0n) is 11.0. The van der Waals surface area contributed by atoms with E-state index < -0.39 is 29.7 Å². The van der Waals surface area contributed by atoms with Gasteiger partial charge in [-0.3, -0.25) is 0 Å². The van der Waals surface area contributed by atoms with Crippen molar-refractivity contribution in [1.29, 1.82) is 5.26 Å². The summed E-state index contributed by atoms with van der Waals surface area (Å²) in [7, 11) is 0. The molecule has 1 aromatic heterocycles. The summed E-state index contributed by atoms with van der Waals surface area (Å²) in [6.07, 6.45) is -9.64. The minimum Gasteiger partial charge on any atom is -0.406 e. The maximum absolute atomic E-state index is 12.6. The first kappa shape index (κ1) is 16.6. The number of nitrogens with zero attached hydrogens (tertiary/aromatic N) is 2. The summed E-state index contributed by atoms with van der Waals surface area (Å²) in [6, 6.07) is 7.65. The number of rotatable bonds is 2. The molecule has 23 heavy (non-hydrogen) atoms. The topological polar surface area (TPSA) is 45.9 Å². The van der Waals surface area contributed by atoms with E-state index in [4.69, 9.17) is 5.26 Å². The van der Waals surface area contributed by atoms with Gasteiger partial charge < -0.3 is 4.74 Å². The molecule has 3 nitrogen and oxygen atoms in total. The van der Waals surface area contributed by atoms with E-state index in [1.54, 1.807) is 0 Å². The number of hydrogen-bond acceptors (Lipinski definition) is 3. The third-order valence-electron chi connectivity index (χ3n) is 2.67. The van der Waals surface area contributed by atoms with E-state index in [0.29, 0.717) is 6.07 Å². The van der Waals surface area contributed by atoms with Gasteiger partial charge in [-0.1, -0.05) is 12.1 Å². The molecule has 0 fully saturated rings. The van der Waals surface area contributed by atoms with Crippen molar-refractivity contribution in [2.24, 2.45) is 0 Å². The number of alkyl halides is 6. The molecule has 2 rings (SSSR count). The molecule has 0 amide bonds. The highest BCUT2D eigenvalue weighted by Crippen LogP contribution is 2.32. The Morgan fingerprint density at radius 1 is 1.00 bits per heavy atom. The summed E-state index contributed by atoms with van der Waals surface area (Å²) >= 11 is 0. The fourth-order valence-electron chi connectivity index (χ4n) is 1.80. The van der Waals surface area contributed by atoms with Crippen molar-refractivity contribution in [2.45, 2.75) is 12.5 Å². The standard InChI is InChI=1S/C14H6F6N2O/c15-13(16,17)12-5-4-10(11(7-21)22-12)8-2-1-3-9(6-8)23-14(18,19)20/h1-6H. The molecule has 0 aliphatic rings. The highest BCUT2D eigenvalue weighted by Gasteiger charge is 2.33. The number of nitriles is 1. The van der Waals surface area contributed by atoms with E-state index in [1.165, 1.54) is 18.2 Å². The first-order valence-electron chi connectivity index (χ1n) is 5.95. The average Bonchev–Trinajstić information content (AvgIpc) is 2.44. The molecule has 0 radical (unpaired) electrons. The molecule has 1 heterocycles. The van der Waals surface area contributed by atoms with Gasteiger partial charge in [0.1, 0.15) is 23.2 Å². The molecule has 120 valence electrons. The largest absolute Gasteiger partial charge is 0.573 e. The Kier molecular flexibility index (Phi) is 4.18. The average molecular weight is 332 g/mol. The Labute approximate surface area is 125 Å². The Balaban J connectivity index is 2.47. The molecule has 2 aromatic rings. The summed E-state index contributed by atoms with van der Waals surface area (Å²) < 4.78 is 78.0. The van der Waals surface area contributed by atoms with Gasteiger partial charge in [-0.05, 0) is 29.8 Å². The van der Waals surface area contributed by atoms with Gasteiger partial charge in [0.15, 0.2) is 0 Å². The summed E-state index contributed by atoms with van der Waals surface area (Å²) in [5.41, 5.74) is -1.78. The Hall–Kier alpha value is -2.76. The van der Waals surface area contributed by atoms with E-state index in [-0.39, 0.29) is 11.1 Å². The maximum Gasteiger partial charge on any atom is 0.573 e. The van der Waals surface area contributed by atoms with Crippen molar-refractivity contribution in [3.63, 3.8) is 0 Å². The van der Waals surface area contributed by atoms with Crippen molar-refractivity contribution in [1.82, 2.24) is 4.98 Å². The van der Waals surface area contributed by atoms with Crippen molar-refractivity contribution >= 4 is 0 Å². The van der Waals surface area contributed by atoms with Crippen LogP contribution in [0.25, 0.3) is 11.1 Å². The third-order valence-corrected chi connectivity index (χ3v) is 2.67. The molecule has 0 saturated carbocycles. The molecule has 0 N–H and O–H groups in total. The van der Waals surface area contributed by atoms with Crippen LogP contribution in [0.3, 0.4) is 0 Å². The molecule has 9 heteroatoms. The minimum absolute atomic E-state index is 0.0341. The Bertz CT molecular complexity index is 761. The normalized spacial score (nSPS) is 11.9. The Morgan fingerprint density at radius 3 is 2.26 bits per heavy atom. The van der Waals surface area contributed by atoms with Crippen LogP contribution < -0.4 is 4.74 Å². The van der Waals surface area contributed by atoms with E-state index >= 15 is 0 Å². The zero-order chi connectivity index (χ0) is 17.3. The minimum atomic E-state index is -4.91. The van der Waals surface area contributed by atoms with Gasteiger partial charge in [0.05, 0.1) is 0 Å². The predicted octanol–water partition coefficient (Wildman–Crippen LogP) is 4.54. The van der Waals surface area contributed by atoms with Gasteiger partial charge in [0, 0.05) is 5.56 Å². The summed E-state index contributed by atoms with van der Waals surface area (Å²) in [6.45, 7) is 0. The van der Waals surface area contributed by atoms with E-state index in [1.807, 2.05) is 0 Å². The highest BCUT2D eigenvalue weighted by atomic mass is 19.4. The second-order valence-electron chi connectivity index (χ2n) is 4.28. The monoisotopic (exact) mass is 332 g/mol. The van der Waals surface area contributed by atoms with Crippen molar-refractivity contribution in [3.8, 4) is 22.9 Å². The number of pyridine rings is 1. The molecule has 0 aliphatic heterocycles. The number of ether oxygens (including phenoxy) is 1. The number of hydrogen-bond donors (Lipinski definition) is 0. The third kappa shape index (κ3) is 4.12. The number of halogens is 6. The molecule has 0 atom stereocenters. The first-order chi connectivity index (χ1) is 10.6. The molecule has 0 saturated heterocycles. The van der Waals surface area contributed by atoms with Crippen molar-refractivity contribution < 1.29 is 31.1 Å². The smallest absolute Gasteiger partial charge is 0.406 e. The quantitative estimate of drug-likeness (QED) is 0.759. The summed E-state index contributed by atoms with van der Waals surface area (Å²) in [5, 5.41) is 8.93. The van der Waals surface area contributed by atoms with E-state index in [0.717, 1.165) is 18.2 Å². The van der Waals surface area contributed by atoms with Crippen LogP contribution >= 0.6 is 0 Å². The van der Waals surface area contributed by atoms with Gasteiger partial charge in [0.2, 0.25) is 0 Å². The SMILES string of the molecule is N#Cc1nc(C(F)(F)F)ccc1-c1cccc(OC(F)(F)F)c1. The lowest BCUT2D eigenvalue weighted by atomic mass is 10.0. The fraction of sp³-hybridized carbons (Fsp3) is 0.143. The lowest BCUT2D eigenvalue weighted by molar-refractivity contribution is -0.274. The van der Waals surface area contributed by atoms with Gasteiger partial charge in [-0.25, -0.2) is 4.98 Å².